The van der Waals surface area contributed by atoms with E-state index in [0.29, 0.717) is 12.1 Å². The Morgan fingerprint density at radius 3 is 2.17 bits per heavy atom. The fraction of sp³-hybridized carbons (Fsp3) is 0.394. The predicted molar refractivity (Wildman–Crippen MR) is 170 cm³/mol. The number of thioether (sulfide) groups is 1. The van der Waals surface area contributed by atoms with Crippen LogP contribution in [0.1, 0.15) is 56.6 Å². The lowest BCUT2D eigenvalue weighted by atomic mass is 9.95. The monoisotopic (exact) mass is 607 g/mol. The first-order chi connectivity index (χ1) is 20.2. The van der Waals surface area contributed by atoms with Gasteiger partial charge < -0.3 is 10.2 Å². The number of rotatable bonds is 12. The van der Waals surface area contributed by atoms with Crippen LogP contribution >= 0.6 is 11.8 Å². The molecule has 0 saturated heterocycles. The summed E-state index contributed by atoms with van der Waals surface area (Å²) in [5, 5.41) is 3.18. The van der Waals surface area contributed by atoms with Crippen molar-refractivity contribution in [2.45, 2.75) is 80.8 Å². The smallest absolute Gasteiger partial charge is 0.264 e. The van der Waals surface area contributed by atoms with Gasteiger partial charge in [-0.15, -0.1) is 11.8 Å². The molecule has 3 aromatic carbocycles. The molecule has 1 N–H and O–H groups in total. The molecule has 0 radical (unpaired) electrons. The van der Waals surface area contributed by atoms with Crippen molar-refractivity contribution in [1.82, 2.24) is 10.2 Å². The van der Waals surface area contributed by atoms with Crippen LogP contribution in [0.25, 0.3) is 0 Å². The summed E-state index contributed by atoms with van der Waals surface area (Å²) in [5.41, 5.74) is 2.23. The molecule has 1 aliphatic carbocycles. The van der Waals surface area contributed by atoms with Gasteiger partial charge in [0.25, 0.3) is 10.0 Å². The van der Waals surface area contributed by atoms with E-state index in [1.54, 1.807) is 41.3 Å². The molecule has 0 spiro atoms. The van der Waals surface area contributed by atoms with Gasteiger partial charge in [-0.2, -0.15) is 0 Å². The second-order valence-electron chi connectivity index (χ2n) is 10.8. The van der Waals surface area contributed by atoms with E-state index in [2.05, 4.69) is 5.32 Å². The van der Waals surface area contributed by atoms with Crippen LogP contribution in [0.4, 0.5) is 5.69 Å². The topological polar surface area (TPSA) is 86.8 Å². The SMILES string of the molecule is CCC(C(=O)NC1CCCCC1)N(Cc1ccccc1)C(=O)CN(c1ccc(C)cc1)S(=O)(=O)c1ccc(SC)cc1. The van der Waals surface area contributed by atoms with Crippen LogP contribution in [-0.2, 0) is 26.2 Å². The van der Waals surface area contributed by atoms with Crippen molar-refractivity contribution in [3.63, 3.8) is 0 Å². The lowest BCUT2D eigenvalue weighted by Crippen LogP contribution is -2.54. The highest BCUT2D eigenvalue weighted by atomic mass is 32.2. The van der Waals surface area contributed by atoms with E-state index < -0.39 is 28.5 Å². The second-order valence-corrected chi connectivity index (χ2v) is 13.5. The van der Waals surface area contributed by atoms with E-state index in [-0.39, 0.29) is 23.4 Å². The summed E-state index contributed by atoms with van der Waals surface area (Å²) < 4.78 is 29.2. The minimum Gasteiger partial charge on any atom is -0.352 e. The molecule has 0 heterocycles. The number of carbonyl (C=O) groups is 2. The van der Waals surface area contributed by atoms with Crippen molar-refractivity contribution in [3.05, 3.63) is 90.0 Å². The van der Waals surface area contributed by atoms with Crippen LogP contribution in [0.2, 0.25) is 0 Å². The van der Waals surface area contributed by atoms with Gasteiger partial charge in [-0.1, -0.05) is 74.2 Å². The molecule has 0 aromatic heterocycles. The standard InChI is InChI=1S/C33H41N3O4S2/c1-4-31(33(38)34-27-13-9-6-10-14-27)35(23-26-11-7-5-8-12-26)32(37)24-36(28-17-15-25(2)16-18-28)42(39,40)30-21-19-29(41-3)20-22-30/h5,7-8,11-12,15-22,27,31H,4,6,9-10,13-14,23-24H2,1-3H3,(H,34,38). The fourth-order valence-corrected chi connectivity index (χ4v) is 7.18. The summed E-state index contributed by atoms with van der Waals surface area (Å²) in [7, 11) is -4.09. The van der Waals surface area contributed by atoms with Gasteiger partial charge in [-0.25, -0.2) is 8.42 Å². The molecule has 4 rings (SSSR count). The van der Waals surface area contributed by atoms with Crippen molar-refractivity contribution >= 4 is 39.3 Å². The molecular weight excluding hydrogens is 567 g/mol. The third-order valence-corrected chi connectivity index (χ3v) is 10.3. The Labute approximate surface area is 254 Å². The van der Waals surface area contributed by atoms with Crippen molar-refractivity contribution in [3.8, 4) is 0 Å². The van der Waals surface area contributed by atoms with Gasteiger partial charge in [-0.3, -0.25) is 13.9 Å². The highest BCUT2D eigenvalue weighted by Gasteiger charge is 2.34. The van der Waals surface area contributed by atoms with Crippen molar-refractivity contribution < 1.29 is 18.0 Å². The molecule has 3 aromatic rings. The molecule has 7 nitrogen and oxygen atoms in total. The van der Waals surface area contributed by atoms with Gasteiger partial charge in [0.2, 0.25) is 11.8 Å². The Kier molecular flexibility index (Phi) is 11.1. The maximum atomic E-state index is 14.2. The highest BCUT2D eigenvalue weighted by Crippen LogP contribution is 2.27. The maximum absolute atomic E-state index is 14.2. The number of benzene rings is 3. The van der Waals surface area contributed by atoms with E-state index >= 15 is 0 Å². The zero-order chi connectivity index (χ0) is 30.1. The van der Waals surface area contributed by atoms with E-state index in [0.717, 1.165) is 46.0 Å². The molecule has 1 aliphatic rings. The van der Waals surface area contributed by atoms with Crippen LogP contribution in [0.3, 0.4) is 0 Å². The van der Waals surface area contributed by atoms with Crippen LogP contribution < -0.4 is 9.62 Å². The lowest BCUT2D eigenvalue weighted by molar-refractivity contribution is -0.140. The Morgan fingerprint density at radius 1 is 0.929 bits per heavy atom. The summed E-state index contributed by atoms with van der Waals surface area (Å²) in [6.07, 6.45) is 7.53. The number of aryl methyl sites for hydroxylation is 1. The first-order valence-corrected chi connectivity index (χ1v) is 17.3. The van der Waals surface area contributed by atoms with E-state index in [1.165, 1.54) is 18.2 Å². The maximum Gasteiger partial charge on any atom is 0.264 e. The van der Waals surface area contributed by atoms with Gasteiger partial charge in [0.1, 0.15) is 12.6 Å². The van der Waals surface area contributed by atoms with Crippen LogP contribution in [0.5, 0.6) is 0 Å². The molecule has 1 fully saturated rings. The summed E-state index contributed by atoms with van der Waals surface area (Å²) >= 11 is 1.52. The minimum absolute atomic E-state index is 0.0997. The van der Waals surface area contributed by atoms with Gasteiger partial charge in [0.15, 0.2) is 0 Å². The molecule has 42 heavy (non-hydrogen) atoms. The van der Waals surface area contributed by atoms with E-state index in [9.17, 15) is 18.0 Å². The lowest BCUT2D eigenvalue weighted by Gasteiger charge is -2.34. The number of hydrogen-bond donors (Lipinski definition) is 1. The molecule has 0 aliphatic heterocycles. The summed E-state index contributed by atoms with van der Waals surface area (Å²) in [5.74, 6) is -0.625. The number of nitrogens with zero attached hydrogens (tertiary/aromatic N) is 2. The van der Waals surface area contributed by atoms with Crippen molar-refractivity contribution in [1.29, 1.82) is 0 Å². The average Bonchev–Trinajstić information content (AvgIpc) is 3.01. The normalized spacial score (nSPS) is 14.6. The van der Waals surface area contributed by atoms with Gasteiger partial charge in [-0.05, 0) is 74.4 Å². The molecule has 224 valence electrons. The Morgan fingerprint density at radius 2 is 1.57 bits per heavy atom. The number of amides is 2. The number of nitrogens with one attached hydrogen (secondary N) is 1. The fourth-order valence-electron chi connectivity index (χ4n) is 5.36. The molecule has 1 atom stereocenters. The first-order valence-electron chi connectivity index (χ1n) is 14.6. The Balaban J connectivity index is 1.68. The molecular formula is C33H41N3O4S2. The quantitative estimate of drug-likeness (QED) is 0.249. The first kappa shape index (κ1) is 31.6. The number of carbonyl (C=O) groups excluding carboxylic acids is 2. The van der Waals surface area contributed by atoms with E-state index in [4.69, 9.17) is 0 Å². The number of sulfonamides is 1. The number of hydrogen-bond acceptors (Lipinski definition) is 5. The third-order valence-electron chi connectivity index (χ3n) is 7.78. The van der Waals surface area contributed by atoms with Gasteiger partial charge in [0.05, 0.1) is 10.6 Å². The molecule has 1 unspecified atom stereocenters. The average molecular weight is 608 g/mol. The summed E-state index contributed by atoms with van der Waals surface area (Å²) in [6, 6.07) is 22.6. The van der Waals surface area contributed by atoms with Crippen LogP contribution in [0.15, 0.2) is 88.7 Å². The van der Waals surface area contributed by atoms with Crippen molar-refractivity contribution in [2.24, 2.45) is 0 Å². The molecule has 1 saturated carbocycles. The highest BCUT2D eigenvalue weighted by molar-refractivity contribution is 7.98. The second kappa shape index (κ2) is 14.7. The van der Waals surface area contributed by atoms with Gasteiger partial charge >= 0.3 is 0 Å². The molecule has 0 bridgehead atoms. The zero-order valence-corrected chi connectivity index (χ0v) is 26.3. The molecule has 2 amide bonds. The van der Waals surface area contributed by atoms with Crippen LogP contribution in [0, 0.1) is 6.92 Å². The van der Waals surface area contributed by atoms with E-state index in [1.807, 2.05) is 62.6 Å². The minimum atomic E-state index is -4.09. The third kappa shape index (κ3) is 7.95. The Bertz CT molecular complexity index is 1420. The Hall–Kier alpha value is -3.30. The zero-order valence-electron chi connectivity index (χ0n) is 24.7. The largest absolute Gasteiger partial charge is 0.352 e. The van der Waals surface area contributed by atoms with Gasteiger partial charge in [0, 0.05) is 17.5 Å². The summed E-state index contributed by atoms with van der Waals surface area (Å²) in [4.78, 5) is 30.4. The number of anilines is 1. The molecule has 9 heteroatoms. The summed E-state index contributed by atoms with van der Waals surface area (Å²) in [6.45, 7) is 3.57. The predicted octanol–water partition coefficient (Wildman–Crippen LogP) is 6.17. The van der Waals surface area contributed by atoms with Crippen molar-refractivity contribution in [2.75, 3.05) is 17.1 Å². The van der Waals surface area contributed by atoms with Crippen LogP contribution in [-0.4, -0.2) is 50.0 Å².